The van der Waals surface area contributed by atoms with Crippen molar-refractivity contribution in [2.75, 3.05) is 32.5 Å². The van der Waals surface area contributed by atoms with E-state index in [1.54, 1.807) is 0 Å². The number of halogens is 1. The molecule has 1 saturated heterocycles. The number of piperazine rings is 1. The van der Waals surface area contributed by atoms with Crippen molar-refractivity contribution >= 4 is 9.84 Å². The molecule has 1 aliphatic carbocycles. The summed E-state index contributed by atoms with van der Waals surface area (Å²) >= 11 is 0. The average molecular weight is 385 g/mol. The average Bonchev–Trinajstić information content (AvgIpc) is 2.61. The maximum absolute atomic E-state index is 14.1. The van der Waals surface area contributed by atoms with Crippen molar-refractivity contribution in [2.24, 2.45) is 5.92 Å². The molecule has 1 heterocycles. The molecule has 1 aromatic rings. The molecule has 2 aliphatic rings. The molecule has 0 radical (unpaired) electrons. The normalized spacial score (nSPS) is 28.0. The number of sulfone groups is 1. The van der Waals surface area contributed by atoms with Crippen molar-refractivity contribution in [1.29, 1.82) is 0 Å². The fourth-order valence-electron chi connectivity index (χ4n) is 4.08. The molecule has 0 amide bonds. The van der Waals surface area contributed by atoms with Gasteiger partial charge in [-0.05, 0) is 56.7 Å². The Labute approximate surface area is 155 Å². The highest BCUT2D eigenvalue weighted by Gasteiger charge is 2.30. The molecule has 2 fully saturated rings. The molecule has 0 spiro atoms. The molecule has 1 aromatic carbocycles. The highest BCUT2D eigenvalue weighted by Crippen LogP contribution is 2.30. The second kappa shape index (κ2) is 8.23. The van der Waals surface area contributed by atoms with Crippen molar-refractivity contribution in [1.82, 2.24) is 10.2 Å². The van der Waals surface area contributed by atoms with Gasteiger partial charge in [0, 0.05) is 38.0 Å². The van der Waals surface area contributed by atoms with Crippen LogP contribution in [0.25, 0.3) is 0 Å². The fourth-order valence-corrected chi connectivity index (χ4v) is 4.71. The zero-order chi connectivity index (χ0) is 18.7. The van der Waals surface area contributed by atoms with Gasteiger partial charge < -0.3 is 10.1 Å². The van der Waals surface area contributed by atoms with Crippen molar-refractivity contribution in [3.8, 4) is 5.75 Å². The van der Waals surface area contributed by atoms with Crippen molar-refractivity contribution in [3.63, 3.8) is 0 Å². The molecule has 1 N–H and O–H groups in total. The SMILES string of the molecule is CC1CNCCN1[C@H]1CC[C@H](COc2ccc(S(C)(=O)=O)cc2F)CC1. The van der Waals surface area contributed by atoms with Crippen LogP contribution in [0, 0.1) is 11.7 Å². The molecule has 1 unspecified atom stereocenters. The van der Waals surface area contributed by atoms with E-state index in [0.29, 0.717) is 24.6 Å². The van der Waals surface area contributed by atoms with E-state index in [4.69, 9.17) is 4.74 Å². The van der Waals surface area contributed by atoms with Gasteiger partial charge >= 0.3 is 0 Å². The quantitative estimate of drug-likeness (QED) is 0.845. The first-order chi connectivity index (χ1) is 12.3. The summed E-state index contributed by atoms with van der Waals surface area (Å²) in [4.78, 5) is 2.60. The molecule has 0 bridgehead atoms. The first kappa shape index (κ1) is 19.6. The molecule has 1 atom stereocenters. The third kappa shape index (κ3) is 4.75. The number of nitrogens with zero attached hydrogens (tertiary/aromatic N) is 1. The number of rotatable bonds is 5. The Morgan fingerprint density at radius 1 is 1.27 bits per heavy atom. The van der Waals surface area contributed by atoms with Crippen LogP contribution in [0.15, 0.2) is 23.1 Å². The second-order valence-corrected chi connectivity index (χ2v) is 9.66. The van der Waals surface area contributed by atoms with Gasteiger partial charge in [0.2, 0.25) is 0 Å². The summed E-state index contributed by atoms with van der Waals surface area (Å²) in [6, 6.07) is 5.09. The second-order valence-electron chi connectivity index (χ2n) is 7.64. The van der Waals surface area contributed by atoms with Gasteiger partial charge in [-0.1, -0.05) is 0 Å². The number of ether oxygens (including phenoxy) is 1. The Kier molecular flexibility index (Phi) is 6.20. The van der Waals surface area contributed by atoms with Crippen molar-refractivity contribution in [2.45, 2.75) is 49.6 Å². The minimum absolute atomic E-state index is 0.0204. The fraction of sp³-hybridized carbons (Fsp3) is 0.684. The van der Waals surface area contributed by atoms with Crippen LogP contribution >= 0.6 is 0 Å². The lowest BCUT2D eigenvalue weighted by Gasteiger charge is -2.43. The predicted octanol–water partition coefficient (Wildman–Crippen LogP) is 2.46. The number of nitrogens with one attached hydrogen (secondary N) is 1. The van der Waals surface area contributed by atoms with Gasteiger partial charge in [0.25, 0.3) is 0 Å². The summed E-state index contributed by atoms with van der Waals surface area (Å²) in [5.74, 6) is -0.0510. The van der Waals surface area contributed by atoms with Gasteiger partial charge in [-0.3, -0.25) is 4.90 Å². The van der Waals surface area contributed by atoms with Gasteiger partial charge in [0.05, 0.1) is 11.5 Å². The summed E-state index contributed by atoms with van der Waals surface area (Å²) in [7, 11) is -3.40. The molecule has 5 nitrogen and oxygen atoms in total. The zero-order valence-corrected chi connectivity index (χ0v) is 16.4. The van der Waals surface area contributed by atoms with Crippen LogP contribution < -0.4 is 10.1 Å². The summed E-state index contributed by atoms with van der Waals surface area (Å²) < 4.78 is 42.7. The van der Waals surface area contributed by atoms with E-state index in [2.05, 4.69) is 17.1 Å². The van der Waals surface area contributed by atoms with Crippen LogP contribution in [-0.2, 0) is 9.84 Å². The Balaban J connectivity index is 1.49. The number of hydrogen-bond acceptors (Lipinski definition) is 5. The van der Waals surface area contributed by atoms with E-state index >= 15 is 0 Å². The molecule has 146 valence electrons. The minimum atomic E-state index is -3.40. The maximum atomic E-state index is 14.1. The Morgan fingerprint density at radius 2 is 2.00 bits per heavy atom. The van der Waals surface area contributed by atoms with Crippen LogP contribution in [0.2, 0.25) is 0 Å². The van der Waals surface area contributed by atoms with Crippen LogP contribution in [-0.4, -0.2) is 57.9 Å². The monoisotopic (exact) mass is 384 g/mol. The van der Waals surface area contributed by atoms with Gasteiger partial charge in [0.15, 0.2) is 21.4 Å². The van der Waals surface area contributed by atoms with Gasteiger partial charge in [-0.25, -0.2) is 12.8 Å². The van der Waals surface area contributed by atoms with Crippen LogP contribution in [0.4, 0.5) is 4.39 Å². The van der Waals surface area contributed by atoms with E-state index in [1.807, 2.05) is 0 Å². The molecule has 0 aromatic heterocycles. The first-order valence-electron chi connectivity index (χ1n) is 9.43. The summed E-state index contributed by atoms with van der Waals surface area (Å²) in [6.07, 6.45) is 5.57. The van der Waals surface area contributed by atoms with E-state index in [1.165, 1.54) is 12.1 Å². The summed E-state index contributed by atoms with van der Waals surface area (Å²) in [5, 5.41) is 3.43. The van der Waals surface area contributed by atoms with E-state index in [-0.39, 0.29) is 10.6 Å². The van der Waals surface area contributed by atoms with Crippen LogP contribution in [0.1, 0.15) is 32.6 Å². The lowest BCUT2D eigenvalue weighted by Crippen LogP contribution is -2.54. The third-order valence-electron chi connectivity index (χ3n) is 5.64. The topological polar surface area (TPSA) is 58.6 Å². The summed E-state index contributed by atoms with van der Waals surface area (Å²) in [5.41, 5.74) is 0. The zero-order valence-electron chi connectivity index (χ0n) is 15.6. The highest BCUT2D eigenvalue weighted by atomic mass is 32.2. The molecular formula is C19H29FN2O3S. The van der Waals surface area contributed by atoms with Crippen LogP contribution in [0.3, 0.4) is 0 Å². The molecule has 1 saturated carbocycles. The number of benzene rings is 1. The minimum Gasteiger partial charge on any atom is -0.490 e. The molecular weight excluding hydrogens is 355 g/mol. The largest absolute Gasteiger partial charge is 0.490 e. The standard InChI is InChI=1S/C19H29FN2O3S/c1-14-12-21-9-10-22(14)16-5-3-15(4-6-16)13-25-19-8-7-17(11-18(19)20)26(2,23)24/h7-8,11,14-16,21H,3-6,9-10,12-13H2,1-2H3/t14?,15-,16-. The molecule has 26 heavy (non-hydrogen) atoms. The van der Waals surface area contributed by atoms with E-state index in [0.717, 1.165) is 57.6 Å². The molecule has 1 aliphatic heterocycles. The van der Waals surface area contributed by atoms with Crippen molar-refractivity contribution < 1.29 is 17.5 Å². The summed E-state index contributed by atoms with van der Waals surface area (Å²) in [6.45, 7) is 6.01. The molecule has 7 heteroatoms. The number of hydrogen-bond donors (Lipinski definition) is 1. The van der Waals surface area contributed by atoms with E-state index in [9.17, 15) is 12.8 Å². The van der Waals surface area contributed by atoms with Gasteiger partial charge in [-0.15, -0.1) is 0 Å². The maximum Gasteiger partial charge on any atom is 0.175 e. The Morgan fingerprint density at radius 3 is 2.62 bits per heavy atom. The lowest BCUT2D eigenvalue weighted by molar-refractivity contribution is 0.0705. The predicted molar refractivity (Wildman–Crippen MR) is 99.8 cm³/mol. The van der Waals surface area contributed by atoms with Crippen molar-refractivity contribution in [3.05, 3.63) is 24.0 Å². The van der Waals surface area contributed by atoms with E-state index < -0.39 is 15.7 Å². The Hall–Kier alpha value is -1.18. The Bertz CT molecular complexity index is 717. The first-order valence-corrected chi connectivity index (χ1v) is 11.3. The smallest absolute Gasteiger partial charge is 0.175 e. The van der Waals surface area contributed by atoms with Crippen LogP contribution in [0.5, 0.6) is 5.75 Å². The molecule has 3 rings (SSSR count). The third-order valence-corrected chi connectivity index (χ3v) is 6.75. The van der Waals surface area contributed by atoms with Gasteiger partial charge in [-0.2, -0.15) is 0 Å². The highest BCUT2D eigenvalue weighted by molar-refractivity contribution is 7.90. The van der Waals surface area contributed by atoms with Gasteiger partial charge in [0.1, 0.15) is 0 Å². The lowest BCUT2D eigenvalue weighted by atomic mass is 9.85.